The van der Waals surface area contributed by atoms with Crippen molar-refractivity contribution in [2.75, 3.05) is 6.54 Å². The predicted molar refractivity (Wildman–Crippen MR) is 80.0 cm³/mol. The van der Waals surface area contributed by atoms with Crippen molar-refractivity contribution in [3.05, 3.63) is 36.1 Å². The number of furan rings is 1. The molecule has 1 aliphatic rings. The summed E-state index contributed by atoms with van der Waals surface area (Å²) in [5.74, 6) is 0.163. The standard InChI is InChI=1S/C17H21NO2/c1-12-6-5-7-13(2)18(12)10-16(19)15-11-20-17-9-4-3-8-14(15)17/h3-4,8-9,11-13H,5-7,10H2,1-2H3. The van der Waals surface area contributed by atoms with Crippen LogP contribution in [0.25, 0.3) is 11.0 Å². The third kappa shape index (κ3) is 2.38. The highest BCUT2D eigenvalue weighted by atomic mass is 16.3. The number of carbonyl (C=O) groups is 1. The van der Waals surface area contributed by atoms with Gasteiger partial charge in [0.15, 0.2) is 5.78 Å². The molecule has 3 rings (SSSR count). The number of benzene rings is 1. The molecule has 3 nitrogen and oxygen atoms in total. The number of piperidine rings is 1. The van der Waals surface area contributed by atoms with Gasteiger partial charge in [-0.25, -0.2) is 0 Å². The second kappa shape index (κ2) is 5.41. The van der Waals surface area contributed by atoms with Crippen molar-refractivity contribution in [2.45, 2.75) is 45.2 Å². The molecule has 0 amide bonds. The van der Waals surface area contributed by atoms with Crippen molar-refractivity contribution in [1.82, 2.24) is 4.90 Å². The Kier molecular flexibility index (Phi) is 3.62. The van der Waals surface area contributed by atoms with E-state index >= 15 is 0 Å². The molecular weight excluding hydrogens is 250 g/mol. The summed E-state index contributed by atoms with van der Waals surface area (Å²) in [4.78, 5) is 14.9. The van der Waals surface area contributed by atoms with Gasteiger partial charge in [-0.2, -0.15) is 0 Å². The zero-order chi connectivity index (χ0) is 14.1. The van der Waals surface area contributed by atoms with Crippen LogP contribution in [0.1, 0.15) is 43.5 Å². The monoisotopic (exact) mass is 271 g/mol. The molecule has 1 aromatic carbocycles. The number of para-hydroxylation sites is 1. The van der Waals surface area contributed by atoms with Crippen LogP contribution in [0, 0.1) is 0 Å². The lowest BCUT2D eigenvalue weighted by atomic mass is 9.96. The molecule has 1 fully saturated rings. The summed E-state index contributed by atoms with van der Waals surface area (Å²) in [5, 5.41) is 0.926. The molecule has 1 saturated heterocycles. The fourth-order valence-electron chi connectivity index (χ4n) is 3.23. The fraction of sp³-hybridized carbons (Fsp3) is 0.471. The Labute approximate surface area is 119 Å². The third-order valence-corrected chi connectivity index (χ3v) is 4.48. The number of likely N-dealkylation sites (tertiary alicyclic amines) is 1. The summed E-state index contributed by atoms with van der Waals surface area (Å²) in [7, 11) is 0. The number of hydrogen-bond donors (Lipinski definition) is 0. The average molecular weight is 271 g/mol. The van der Waals surface area contributed by atoms with Gasteiger partial charge >= 0.3 is 0 Å². The lowest BCUT2D eigenvalue weighted by Gasteiger charge is -2.38. The van der Waals surface area contributed by atoms with Crippen molar-refractivity contribution in [1.29, 1.82) is 0 Å². The highest BCUT2D eigenvalue weighted by molar-refractivity contribution is 6.08. The number of nitrogens with zero attached hydrogens (tertiary/aromatic N) is 1. The molecule has 2 aromatic rings. The molecule has 3 heteroatoms. The lowest BCUT2D eigenvalue weighted by Crippen LogP contribution is -2.46. The predicted octanol–water partition coefficient (Wildman–Crippen LogP) is 3.88. The van der Waals surface area contributed by atoms with E-state index in [1.54, 1.807) is 6.26 Å². The van der Waals surface area contributed by atoms with Crippen LogP contribution in [0.3, 0.4) is 0 Å². The zero-order valence-electron chi connectivity index (χ0n) is 12.1. The number of carbonyl (C=O) groups excluding carboxylic acids is 1. The maximum Gasteiger partial charge on any atom is 0.180 e. The molecule has 0 saturated carbocycles. The maximum atomic E-state index is 12.6. The highest BCUT2D eigenvalue weighted by Crippen LogP contribution is 2.25. The number of hydrogen-bond acceptors (Lipinski definition) is 3. The van der Waals surface area contributed by atoms with E-state index in [0.29, 0.717) is 24.2 Å². The molecule has 1 aliphatic heterocycles. The van der Waals surface area contributed by atoms with Crippen LogP contribution >= 0.6 is 0 Å². The zero-order valence-corrected chi connectivity index (χ0v) is 12.1. The minimum Gasteiger partial charge on any atom is -0.464 e. The first kappa shape index (κ1) is 13.4. The van der Waals surface area contributed by atoms with Crippen molar-refractivity contribution in [2.24, 2.45) is 0 Å². The molecule has 2 heterocycles. The fourth-order valence-corrected chi connectivity index (χ4v) is 3.23. The van der Waals surface area contributed by atoms with Gasteiger partial charge < -0.3 is 4.42 Å². The van der Waals surface area contributed by atoms with E-state index in [2.05, 4.69) is 18.7 Å². The maximum absolute atomic E-state index is 12.6. The molecular formula is C17H21NO2. The number of fused-ring (bicyclic) bond motifs is 1. The first-order valence-electron chi connectivity index (χ1n) is 7.42. The minimum absolute atomic E-state index is 0.163. The van der Waals surface area contributed by atoms with E-state index in [1.807, 2.05) is 24.3 Å². The molecule has 2 unspecified atom stereocenters. The summed E-state index contributed by atoms with van der Waals surface area (Å²) in [6, 6.07) is 8.70. The molecule has 0 aliphatic carbocycles. The molecule has 106 valence electrons. The Balaban J connectivity index is 1.82. The normalized spacial score (nSPS) is 24.1. The van der Waals surface area contributed by atoms with Gasteiger partial charge in [0, 0.05) is 17.5 Å². The van der Waals surface area contributed by atoms with E-state index in [0.717, 1.165) is 11.0 Å². The van der Waals surface area contributed by atoms with Crippen LogP contribution in [0.15, 0.2) is 34.9 Å². The van der Waals surface area contributed by atoms with Gasteiger partial charge in [0.25, 0.3) is 0 Å². The molecule has 0 radical (unpaired) electrons. The topological polar surface area (TPSA) is 33.5 Å². The van der Waals surface area contributed by atoms with E-state index in [1.165, 1.54) is 19.3 Å². The van der Waals surface area contributed by atoms with Crippen LogP contribution in [0.5, 0.6) is 0 Å². The van der Waals surface area contributed by atoms with E-state index in [4.69, 9.17) is 4.42 Å². The lowest BCUT2D eigenvalue weighted by molar-refractivity contribution is 0.0735. The van der Waals surface area contributed by atoms with Gasteiger partial charge in [-0.1, -0.05) is 24.6 Å². The second-order valence-electron chi connectivity index (χ2n) is 5.87. The van der Waals surface area contributed by atoms with E-state index < -0.39 is 0 Å². The van der Waals surface area contributed by atoms with Crippen molar-refractivity contribution < 1.29 is 9.21 Å². The Morgan fingerprint density at radius 2 is 1.95 bits per heavy atom. The highest BCUT2D eigenvalue weighted by Gasteiger charge is 2.27. The van der Waals surface area contributed by atoms with Crippen LogP contribution < -0.4 is 0 Å². The first-order valence-corrected chi connectivity index (χ1v) is 7.42. The van der Waals surface area contributed by atoms with Crippen molar-refractivity contribution in [3.63, 3.8) is 0 Å². The van der Waals surface area contributed by atoms with Crippen molar-refractivity contribution in [3.8, 4) is 0 Å². The minimum atomic E-state index is 0.163. The van der Waals surface area contributed by atoms with Crippen LogP contribution in [0.2, 0.25) is 0 Å². The summed E-state index contributed by atoms with van der Waals surface area (Å²) in [6.07, 6.45) is 5.24. The van der Waals surface area contributed by atoms with Crippen molar-refractivity contribution >= 4 is 16.8 Å². The summed E-state index contributed by atoms with van der Waals surface area (Å²) in [5.41, 5.74) is 1.50. The Bertz CT molecular complexity index is 606. The van der Waals surface area contributed by atoms with Crippen LogP contribution in [-0.4, -0.2) is 29.3 Å². The summed E-state index contributed by atoms with van der Waals surface area (Å²) in [6.45, 7) is 4.93. The summed E-state index contributed by atoms with van der Waals surface area (Å²) >= 11 is 0. The second-order valence-corrected chi connectivity index (χ2v) is 5.87. The van der Waals surface area contributed by atoms with Crippen LogP contribution in [0.4, 0.5) is 0 Å². The van der Waals surface area contributed by atoms with Crippen LogP contribution in [-0.2, 0) is 0 Å². The number of ketones is 1. The largest absolute Gasteiger partial charge is 0.464 e. The van der Waals surface area contributed by atoms with Gasteiger partial charge in [0.05, 0.1) is 12.1 Å². The van der Waals surface area contributed by atoms with E-state index in [-0.39, 0.29) is 5.78 Å². The third-order valence-electron chi connectivity index (χ3n) is 4.48. The number of Topliss-reactive ketones (excluding diaryl/α,β-unsaturated/α-hetero) is 1. The average Bonchev–Trinajstić information content (AvgIpc) is 2.87. The molecule has 0 bridgehead atoms. The molecule has 20 heavy (non-hydrogen) atoms. The first-order chi connectivity index (χ1) is 9.66. The Morgan fingerprint density at radius 1 is 1.25 bits per heavy atom. The molecule has 1 aromatic heterocycles. The molecule has 0 spiro atoms. The quantitative estimate of drug-likeness (QED) is 0.794. The Hall–Kier alpha value is -1.61. The van der Waals surface area contributed by atoms with E-state index in [9.17, 15) is 4.79 Å². The summed E-state index contributed by atoms with van der Waals surface area (Å²) < 4.78 is 5.47. The van der Waals surface area contributed by atoms with Gasteiger partial charge in [0.1, 0.15) is 11.8 Å². The molecule has 0 N–H and O–H groups in total. The SMILES string of the molecule is CC1CCCC(C)N1CC(=O)c1coc2ccccc12. The van der Waals surface area contributed by atoms with Gasteiger partial charge in [-0.3, -0.25) is 9.69 Å². The Morgan fingerprint density at radius 3 is 2.70 bits per heavy atom. The van der Waals surface area contributed by atoms with Gasteiger partial charge in [0.2, 0.25) is 0 Å². The molecule has 2 atom stereocenters. The van der Waals surface area contributed by atoms with Gasteiger partial charge in [-0.05, 0) is 32.8 Å². The smallest absolute Gasteiger partial charge is 0.180 e. The number of rotatable bonds is 3. The van der Waals surface area contributed by atoms with Gasteiger partial charge in [-0.15, -0.1) is 0 Å².